The van der Waals surface area contributed by atoms with Gasteiger partial charge in [0.1, 0.15) is 0 Å². The zero-order valence-electron chi connectivity index (χ0n) is 13.4. The first-order valence-corrected chi connectivity index (χ1v) is 8.01. The molecule has 0 aromatic heterocycles. The van der Waals surface area contributed by atoms with Crippen LogP contribution in [0.15, 0.2) is 66.7 Å². The molecule has 0 unspecified atom stereocenters. The maximum absolute atomic E-state index is 12.1. The number of nitrogens with one attached hydrogen (secondary N) is 1. The van der Waals surface area contributed by atoms with Crippen molar-refractivity contribution in [1.82, 2.24) is 5.32 Å². The van der Waals surface area contributed by atoms with Crippen LogP contribution >= 0.6 is 0 Å². The molecule has 3 aromatic carbocycles. The van der Waals surface area contributed by atoms with E-state index in [0.717, 1.165) is 12.0 Å². The zero-order chi connectivity index (χ0) is 16.1. The number of amides is 1. The van der Waals surface area contributed by atoms with Gasteiger partial charge in [-0.2, -0.15) is 0 Å². The Morgan fingerprint density at radius 2 is 1.65 bits per heavy atom. The molecule has 0 aliphatic rings. The largest absolute Gasteiger partial charge is 0.355 e. The van der Waals surface area contributed by atoms with Crippen LogP contribution in [0.4, 0.5) is 0 Å². The molecule has 0 bridgehead atoms. The molecule has 3 rings (SSSR count). The minimum atomic E-state index is 0.0777. The van der Waals surface area contributed by atoms with E-state index < -0.39 is 0 Å². The van der Waals surface area contributed by atoms with Gasteiger partial charge in [0, 0.05) is 6.54 Å². The summed E-state index contributed by atoms with van der Waals surface area (Å²) in [6.07, 6.45) is 1.30. The fourth-order valence-electron chi connectivity index (χ4n) is 2.82. The fourth-order valence-corrected chi connectivity index (χ4v) is 2.82. The quantitative estimate of drug-likeness (QED) is 0.757. The number of hydrogen-bond donors (Lipinski definition) is 1. The second kappa shape index (κ2) is 7.10. The molecular formula is C21H21NO. The first kappa shape index (κ1) is 15.3. The fraction of sp³-hybridized carbons (Fsp3) is 0.190. The van der Waals surface area contributed by atoms with E-state index in [-0.39, 0.29) is 5.91 Å². The summed E-state index contributed by atoms with van der Waals surface area (Å²) >= 11 is 0. The second-order valence-electron chi connectivity index (χ2n) is 5.88. The van der Waals surface area contributed by atoms with E-state index in [1.807, 2.05) is 30.3 Å². The Bertz CT molecular complexity index is 823. The highest BCUT2D eigenvalue weighted by Gasteiger charge is 2.04. The molecule has 0 atom stereocenters. The zero-order valence-corrected chi connectivity index (χ0v) is 13.4. The molecule has 3 aromatic rings. The second-order valence-corrected chi connectivity index (χ2v) is 5.88. The molecule has 2 nitrogen and oxygen atoms in total. The highest BCUT2D eigenvalue weighted by Crippen LogP contribution is 2.16. The van der Waals surface area contributed by atoms with Crippen molar-refractivity contribution < 1.29 is 4.79 Å². The van der Waals surface area contributed by atoms with Gasteiger partial charge < -0.3 is 5.32 Å². The third-order valence-corrected chi connectivity index (χ3v) is 4.16. The van der Waals surface area contributed by atoms with Crippen LogP contribution in [0, 0.1) is 6.92 Å². The van der Waals surface area contributed by atoms with Crippen molar-refractivity contribution in [3.05, 3.63) is 83.4 Å². The SMILES string of the molecule is Cc1ccccc1CCNC(=O)Cc1ccc2ccccc2c1. The maximum atomic E-state index is 12.1. The summed E-state index contributed by atoms with van der Waals surface area (Å²) in [6.45, 7) is 2.78. The summed E-state index contributed by atoms with van der Waals surface area (Å²) in [5.74, 6) is 0.0777. The lowest BCUT2D eigenvalue weighted by Crippen LogP contribution is -2.27. The smallest absolute Gasteiger partial charge is 0.224 e. The minimum Gasteiger partial charge on any atom is -0.355 e. The van der Waals surface area contributed by atoms with Gasteiger partial charge in [-0.1, -0.05) is 66.7 Å². The molecule has 1 amide bonds. The van der Waals surface area contributed by atoms with Crippen molar-refractivity contribution >= 4 is 16.7 Å². The lowest BCUT2D eigenvalue weighted by molar-refractivity contribution is -0.120. The average Bonchev–Trinajstić information content (AvgIpc) is 2.56. The van der Waals surface area contributed by atoms with Crippen LogP contribution in [0.25, 0.3) is 10.8 Å². The summed E-state index contributed by atoms with van der Waals surface area (Å²) in [4.78, 5) is 12.1. The van der Waals surface area contributed by atoms with E-state index in [2.05, 4.69) is 48.6 Å². The molecule has 0 heterocycles. The molecule has 23 heavy (non-hydrogen) atoms. The van der Waals surface area contributed by atoms with E-state index in [9.17, 15) is 4.79 Å². The van der Waals surface area contributed by atoms with Crippen molar-refractivity contribution in [2.75, 3.05) is 6.54 Å². The number of carbonyl (C=O) groups excluding carboxylic acids is 1. The number of rotatable bonds is 5. The highest BCUT2D eigenvalue weighted by molar-refractivity contribution is 5.85. The van der Waals surface area contributed by atoms with Gasteiger partial charge in [-0.3, -0.25) is 4.79 Å². The highest BCUT2D eigenvalue weighted by atomic mass is 16.1. The van der Waals surface area contributed by atoms with Gasteiger partial charge in [0.05, 0.1) is 6.42 Å². The number of aryl methyl sites for hydroxylation is 1. The van der Waals surface area contributed by atoms with Gasteiger partial charge in [-0.25, -0.2) is 0 Å². The topological polar surface area (TPSA) is 29.1 Å². The predicted octanol–water partition coefficient (Wildman–Crippen LogP) is 4.05. The number of benzene rings is 3. The van der Waals surface area contributed by atoms with Gasteiger partial charge in [0.2, 0.25) is 5.91 Å². The Hall–Kier alpha value is -2.61. The predicted molar refractivity (Wildman–Crippen MR) is 95.5 cm³/mol. The number of hydrogen-bond acceptors (Lipinski definition) is 1. The summed E-state index contributed by atoms with van der Waals surface area (Å²) in [7, 11) is 0. The average molecular weight is 303 g/mol. The van der Waals surface area contributed by atoms with Crippen LogP contribution in [0.2, 0.25) is 0 Å². The van der Waals surface area contributed by atoms with Gasteiger partial charge in [-0.05, 0) is 40.8 Å². The molecule has 1 N–H and O–H groups in total. The molecular weight excluding hydrogens is 282 g/mol. The summed E-state index contributed by atoms with van der Waals surface area (Å²) in [5.41, 5.74) is 3.62. The van der Waals surface area contributed by atoms with Crippen molar-refractivity contribution in [3.8, 4) is 0 Å². The number of carbonyl (C=O) groups is 1. The molecule has 0 radical (unpaired) electrons. The molecule has 0 aliphatic heterocycles. The van der Waals surface area contributed by atoms with E-state index in [1.165, 1.54) is 21.9 Å². The van der Waals surface area contributed by atoms with Crippen LogP contribution in [0.1, 0.15) is 16.7 Å². The lowest BCUT2D eigenvalue weighted by atomic mass is 10.0. The minimum absolute atomic E-state index is 0.0777. The maximum Gasteiger partial charge on any atom is 0.224 e. The summed E-state index contributed by atoms with van der Waals surface area (Å²) in [6, 6.07) is 22.7. The molecule has 0 fully saturated rings. The molecule has 0 aliphatic carbocycles. The Labute approximate surface area is 137 Å². The lowest BCUT2D eigenvalue weighted by Gasteiger charge is -2.08. The van der Waals surface area contributed by atoms with Gasteiger partial charge >= 0.3 is 0 Å². The Kier molecular flexibility index (Phi) is 4.72. The van der Waals surface area contributed by atoms with Gasteiger partial charge in [0.15, 0.2) is 0 Å². The third kappa shape index (κ3) is 3.98. The standard InChI is InChI=1S/C21H21NO/c1-16-6-2-3-7-18(16)12-13-22-21(23)15-17-10-11-19-8-4-5-9-20(19)14-17/h2-11,14H,12-13,15H2,1H3,(H,22,23). The Morgan fingerprint density at radius 3 is 2.48 bits per heavy atom. The van der Waals surface area contributed by atoms with Crippen molar-refractivity contribution in [2.24, 2.45) is 0 Å². The summed E-state index contributed by atoms with van der Waals surface area (Å²) in [5, 5.41) is 5.40. The van der Waals surface area contributed by atoms with Crippen molar-refractivity contribution in [1.29, 1.82) is 0 Å². The van der Waals surface area contributed by atoms with Gasteiger partial charge in [-0.15, -0.1) is 0 Å². The molecule has 0 saturated heterocycles. The van der Waals surface area contributed by atoms with Crippen molar-refractivity contribution in [2.45, 2.75) is 19.8 Å². The molecule has 0 spiro atoms. The first-order chi connectivity index (χ1) is 11.2. The van der Waals surface area contributed by atoms with E-state index in [1.54, 1.807) is 0 Å². The molecule has 116 valence electrons. The third-order valence-electron chi connectivity index (χ3n) is 4.16. The van der Waals surface area contributed by atoms with Crippen LogP contribution < -0.4 is 5.32 Å². The van der Waals surface area contributed by atoms with E-state index in [0.29, 0.717) is 13.0 Å². The van der Waals surface area contributed by atoms with E-state index >= 15 is 0 Å². The van der Waals surface area contributed by atoms with Crippen LogP contribution in [-0.2, 0) is 17.6 Å². The normalized spacial score (nSPS) is 10.7. The summed E-state index contributed by atoms with van der Waals surface area (Å²) < 4.78 is 0. The Balaban J connectivity index is 1.55. The van der Waals surface area contributed by atoms with Crippen LogP contribution in [0.5, 0.6) is 0 Å². The van der Waals surface area contributed by atoms with Crippen LogP contribution in [0.3, 0.4) is 0 Å². The monoisotopic (exact) mass is 303 g/mol. The van der Waals surface area contributed by atoms with Crippen molar-refractivity contribution in [3.63, 3.8) is 0 Å². The van der Waals surface area contributed by atoms with Gasteiger partial charge in [0.25, 0.3) is 0 Å². The first-order valence-electron chi connectivity index (χ1n) is 8.01. The van der Waals surface area contributed by atoms with E-state index in [4.69, 9.17) is 0 Å². The van der Waals surface area contributed by atoms with Crippen LogP contribution in [-0.4, -0.2) is 12.5 Å². The number of fused-ring (bicyclic) bond motifs is 1. The molecule has 0 saturated carbocycles. The molecule has 2 heteroatoms. The Morgan fingerprint density at radius 1 is 0.913 bits per heavy atom.